The Labute approximate surface area is 249 Å². The Kier molecular flexibility index (Phi) is 10.8. The van der Waals surface area contributed by atoms with Gasteiger partial charge in [-0.25, -0.2) is 0 Å². The second-order valence-corrected chi connectivity index (χ2v) is 9.95. The third-order valence-corrected chi connectivity index (χ3v) is 6.87. The maximum atomic E-state index is 13.4. The van der Waals surface area contributed by atoms with E-state index in [0.717, 1.165) is 10.6 Å². The van der Waals surface area contributed by atoms with Crippen LogP contribution in [0.4, 0.5) is 11.4 Å². The lowest BCUT2D eigenvalue weighted by Crippen LogP contribution is -2.30. The number of carbonyl (C=O) groups is 3. The fraction of sp³-hybridized carbons (Fsp3) is 0.121. The van der Waals surface area contributed by atoms with Gasteiger partial charge in [-0.3, -0.25) is 14.4 Å². The summed E-state index contributed by atoms with van der Waals surface area (Å²) in [5.74, 6) is 0.374. The number of ether oxygens (including phenoxy) is 2. The number of benzene rings is 4. The number of carbonyl (C=O) groups excluding carboxylic acids is 3. The molecule has 4 aromatic rings. The number of hydrogen-bond donors (Lipinski definition) is 3. The first-order valence-electron chi connectivity index (χ1n) is 13.2. The van der Waals surface area contributed by atoms with Crippen molar-refractivity contribution in [2.75, 3.05) is 30.1 Å². The third-order valence-electron chi connectivity index (χ3n) is 5.88. The maximum Gasteiger partial charge on any atom is 0.272 e. The largest absolute Gasteiger partial charge is 0.496 e. The van der Waals surface area contributed by atoms with Crippen molar-refractivity contribution in [3.05, 3.63) is 120 Å². The highest BCUT2D eigenvalue weighted by atomic mass is 32.2. The lowest BCUT2D eigenvalue weighted by atomic mass is 10.1. The fourth-order valence-corrected chi connectivity index (χ4v) is 4.65. The highest BCUT2D eigenvalue weighted by molar-refractivity contribution is 8.00. The van der Waals surface area contributed by atoms with Crippen LogP contribution in [-0.2, 0) is 9.59 Å². The number of hydrogen-bond acceptors (Lipinski definition) is 6. The zero-order valence-electron chi connectivity index (χ0n) is 23.3. The van der Waals surface area contributed by atoms with Crippen molar-refractivity contribution in [3.63, 3.8) is 0 Å². The molecule has 0 saturated carbocycles. The van der Waals surface area contributed by atoms with E-state index in [1.54, 1.807) is 84.9 Å². The first kappa shape index (κ1) is 30.0. The molecule has 9 heteroatoms. The Morgan fingerprint density at radius 2 is 1.55 bits per heavy atom. The first-order chi connectivity index (χ1) is 20.4. The van der Waals surface area contributed by atoms with Gasteiger partial charge in [0.25, 0.3) is 11.8 Å². The summed E-state index contributed by atoms with van der Waals surface area (Å²) in [5.41, 5.74) is 2.27. The number of amides is 3. The number of rotatable bonds is 12. The maximum absolute atomic E-state index is 13.4. The van der Waals surface area contributed by atoms with Crippen LogP contribution in [0.1, 0.15) is 22.8 Å². The number of anilines is 2. The molecule has 0 aromatic heterocycles. The van der Waals surface area contributed by atoms with Crippen LogP contribution < -0.4 is 25.4 Å². The van der Waals surface area contributed by atoms with E-state index < -0.39 is 11.8 Å². The molecule has 0 aliphatic rings. The molecule has 0 saturated heterocycles. The minimum atomic E-state index is -0.513. The Morgan fingerprint density at radius 1 is 0.810 bits per heavy atom. The third kappa shape index (κ3) is 8.74. The van der Waals surface area contributed by atoms with Crippen molar-refractivity contribution >= 4 is 46.9 Å². The van der Waals surface area contributed by atoms with Gasteiger partial charge in [-0.2, -0.15) is 0 Å². The van der Waals surface area contributed by atoms with Crippen molar-refractivity contribution in [2.45, 2.75) is 11.8 Å². The molecule has 0 fully saturated rings. The van der Waals surface area contributed by atoms with Crippen molar-refractivity contribution in [1.29, 1.82) is 0 Å². The average molecular weight is 582 g/mol. The zero-order valence-corrected chi connectivity index (χ0v) is 24.1. The zero-order chi connectivity index (χ0) is 29.7. The Balaban J connectivity index is 1.44. The molecule has 0 unspecified atom stereocenters. The summed E-state index contributed by atoms with van der Waals surface area (Å²) >= 11 is 1.34. The SMILES string of the molecule is CCOc1ccc(NC(=O)CSc2cccc(NC(=O)/C(=C\c3ccccc3OC)NC(=O)c3ccccc3)c2)cc1. The summed E-state index contributed by atoms with van der Waals surface area (Å²) in [4.78, 5) is 39.6. The second-order valence-electron chi connectivity index (χ2n) is 8.90. The van der Waals surface area contributed by atoms with Gasteiger partial charge in [0.2, 0.25) is 5.91 Å². The standard InChI is InChI=1S/C33H31N3O5S/c1-3-41-27-18-16-25(17-19-27)34-31(37)22-42-28-14-9-13-26(21-28)35-33(39)29(20-24-12-7-8-15-30(24)40-2)36-32(38)23-10-5-4-6-11-23/h4-21H,3,22H2,1-2H3,(H,34,37)(H,35,39)(H,36,38)/b29-20+. The predicted molar refractivity (Wildman–Crippen MR) is 167 cm³/mol. The molecule has 8 nitrogen and oxygen atoms in total. The van der Waals surface area contributed by atoms with E-state index in [0.29, 0.717) is 34.9 Å². The second kappa shape index (κ2) is 15.1. The minimum Gasteiger partial charge on any atom is -0.496 e. The van der Waals surface area contributed by atoms with Gasteiger partial charge >= 0.3 is 0 Å². The van der Waals surface area contributed by atoms with Gasteiger partial charge in [-0.1, -0.05) is 42.5 Å². The van der Waals surface area contributed by atoms with Crippen LogP contribution >= 0.6 is 11.8 Å². The van der Waals surface area contributed by atoms with Gasteiger partial charge in [0.1, 0.15) is 17.2 Å². The van der Waals surface area contributed by atoms with Crippen LogP contribution in [0, 0.1) is 0 Å². The van der Waals surface area contributed by atoms with Crippen LogP contribution in [0.5, 0.6) is 11.5 Å². The van der Waals surface area contributed by atoms with Crippen LogP contribution in [0.2, 0.25) is 0 Å². The van der Waals surface area contributed by atoms with Crippen LogP contribution in [0.15, 0.2) is 114 Å². The molecular formula is C33H31N3O5S. The van der Waals surface area contributed by atoms with Crippen LogP contribution in [0.25, 0.3) is 6.08 Å². The minimum absolute atomic E-state index is 0.0427. The van der Waals surface area contributed by atoms with Gasteiger partial charge in [0, 0.05) is 27.4 Å². The van der Waals surface area contributed by atoms with Crippen molar-refractivity contribution < 1.29 is 23.9 Å². The summed E-state index contributed by atoms with van der Waals surface area (Å²) in [7, 11) is 1.54. The molecule has 42 heavy (non-hydrogen) atoms. The van der Waals surface area contributed by atoms with Crippen molar-refractivity contribution in [1.82, 2.24) is 5.32 Å². The van der Waals surface area contributed by atoms with E-state index in [9.17, 15) is 14.4 Å². The molecule has 0 atom stereocenters. The molecule has 3 amide bonds. The summed E-state index contributed by atoms with van der Waals surface area (Å²) in [6.07, 6.45) is 1.57. The first-order valence-corrected chi connectivity index (χ1v) is 14.2. The molecular weight excluding hydrogens is 550 g/mol. The van der Waals surface area contributed by atoms with E-state index in [1.807, 2.05) is 31.2 Å². The van der Waals surface area contributed by atoms with Crippen LogP contribution in [-0.4, -0.2) is 37.2 Å². The van der Waals surface area contributed by atoms with Gasteiger partial charge in [0.15, 0.2) is 0 Å². The number of nitrogens with one attached hydrogen (secondary N) is 3. The van der Waals surface area contributed by atoms with Crippen LogP contribution in [0.3, 0.4) is 0 Å². The quantitative estimate of drug-likeness (QED) is 0.135. The molecule has 3 N–H and O–H groups in total. The Morgan fingerprint density at radius 3 is 2.29 bits per heavy atom. The molecule has 0 aliphatic heterocycles. The molecule has 0 bridgehead atoms. The monoisotopic (exact) mass is 581 g/mol. The Hall–Kier alpha value is -5.02. The van der Waals surface area contributed by atoms with Gasteiger partial charge < -0.3 is 25.4 Å². The summed E-state index contributed by atoms with van der Waals surface area (Å²) in [5, 5.41) is 8.45. The average Bonchev–Trinajstić information content (AvgIpc) is 3.01. The van der Waals surface area contributed by atoms with Gasteiger partial charge in [-0.05, 0) is 73.7 Å². The van der Waals surface area contributed by atoms with E-state index in [1.165, 1.54) is 18.9 Å². The van der Waals surface area contributed by atoms with E-state index in [-0.39, 0.29) is 17.4 Å². The van der Waals surface area contributed by atoms with Crippen molar-refractivity contribution in [2.24, 2.45) is 0 Å². The molecule has 0 spiro atoms. The summed E-state index contributed by atoms with van der Waals surface area (Å²) < 4.78 is 10.8. The van der Waals surface area contributed by atoms with Crippen molar-refractivity contribution in [3.8, 4) is 11.5 Å². The van der Waals surface area contributed by atoms with E-state index in [4.69, 9.17) is 9.47 Å². The number of para-hydroxylation sites is 1. The Bertz CT molecular complexity index is 1560. The van der Waals surface area contributed by atoms with E-state index >= 15 is 0 Å². The molecule has 0 aliphatic carbocycles. The smallest absolute Gasteiger partial charge is 0.272 e. The molecule has 0 heterocycles. The number of methoxy groups -OCH3 is 1. The molecule has 0 radical (unpaired) electrons. The van der Waals surface area contributed by atoms with Gasteiger partial charge in [0.05, 0.1) is 19.5 Å². The van der Waals surface area contributed by atoms with E-state index in [2.05, 4.69) is 16.0 Å². The normalized spacial score (nSPS) is 10.9. The predicted octanol–water partition coefficient (Wildman–Crippen LogP) is 6.23. The fourth-order valence-electron chi connectivity index (χ4n) is 3.89. The lowest BCUT2D eigenvalue weighted by molar-refractivity contribution is -0.114. The highest BCUT2D eigenvalue weighted by Crippen LogP contribution is 2.24. The topological polar surface area (TPSA) is 106 Å². The molecule has 214 valence electrons. The molecule has 4 rings (SSSR count). The number of thioether (sulfide) groups is 1. The molecule has 4 aromatic carbocycles. The summed E-state index contributed by atoms with van der Waals surface area (Å²) in [6.45, 7) is 2.48. The summed E-state index contributed by atoms with van der Waals surface area (Å²) in [6, 6.07) is 30.2. The highest BCUT2D eigenvalue weighted by Gasteiger charge is 2.16. The van der Waals surface area contributed by atoms with Gasteiger partial charge in [-0.15, -0.1) is 11.8 Å². The lowest BCUT2D eigenvalue weighted by Gasteiger charge is -2.13.